The first-order chi connectivity index (χ1) is 4.33. The van der Waals surface area contributed by atoms with Crippen molar-refractivity contribution in [3.05, 3.63) is 29.8 Å². The Bertz CT molecular complexity index is 250. The van der Waals surface area contributed by atoms with Crippen LogP contribution >= 0.6 is 0 Å². The van der Waals surface area contributed by atoms with Crippen LogP contribution in [0, 0.1) is 12.3 Å². The van der Waals surface area contributed by atoms with Crippen molar-refractivity contribution in [3.63, 3.8) is 0 Å². The summed E-state index contributed by atoms with van der Waals surface area (Å²) in [7, 11) is 0. The monoisotopic (exact) mass is 149 g/mol. The van der Waals surface area contributed by atoms with Crippen LogP contribution < -0.4 is 5.73 Å². The lowest BCUT2D eigenvalue weighted by molar-refractivity contribution is 1.64. The van der Waals surface area contributed by atoms with Gasteiger partial charge in [-0.15, -0.1) is 6.42 Å². The van der Waals surface area contributed by atoms with Gasteiger partial charge in [-0.1, -0.05) is 12.0 Å². The molecule has 1 nitrogen and oxygen atoms in total. The van der Waals surface area contributed by atoms with E-state index in [0.29, 0.717) is 5.69 Å². The van der Waals surface area contributed by atoms with Crippen molar-refractivity contribution < 1.29 is 0 Å². The van der Waals surface area contributed by atoms with Gasteiger partial charge in [0.25, 0.3) is 0 Å². The van der Waals surface area contributed by atoms with Gasteiger partial charge < -0.3 is 5.73 Å². The Morgan fingerprint density at radius 2 is 2.10 bits per heavy atom. The predicted octanol–water partition coefficient (Wildman–Crippen LogP) is -0.201. The van der Waals surface area contributed by atoms with Crippen LogP contribution in [0.15, 0.2) is 24.3 Å². The number of nitrogens with two attached hydrogens (primary N) is 1. The number of benzene rings is 1. The first-order valence-electron chi connectivity index (χ1n) is 2.65. The first-order valence-corrected chi connectivity index (χ1v) is 2.65. The maximum Gasteiger partial charge on any atom is 0.0326 e. The molecular weight excluding hydrogens is 138 g/mol. The fourth-order valence-electron chi connectivity index (χ4n) is 0.628. The quantitative estimate of drug-likeness (QED) is 0.308. The van der Waals surface area contributed by atoms with Crippen molar-refractivity contribution in [2.24, 2.45) is 0 Å². The number of hydrogen-bond acceptors (Lipinski definition) is 1. The Kier molecular flexibility index (Phi) is 3.30. The second-order valence-electron chi connectivity index (χ2n) is 1.77. The van der Waals surface area contributed by atoms with Crippen LogP contribution in [-0.2, 0) is 0 Å². The lowest BCUT2D eigenvalue weighted by atomic mass is 10.2. The molecule has 0 aliphatic rings. The second kappa shape index (κ2) is 3.75. The maximum atomic E-state index is 5.44. The highest BCUT2D eigenvalue weighted by Gasteiger charge is 1.84. The molecule has 0 atom stereocenters. The molecule has 2 N–H and O–H groups in total. The molecule has 0 fully saturated rings. The fourth-order valence-corrected chi connectivity index (χ4v) is 0.628. The topological polar surface area (TPSA) is 26.0 Å². The minimum absolute atomic E-state index is 0. The Balaban J connectivity index is 0.000000810. The van der Waals surface area contributed by atoms with E-state index in [1.54, 1.807) is 12.1 Å². The lowest BCUT2D eigenvalue weighted by Gasteiger charge is -1.90. The van der Waals surface area contributed by atoms with Crippen LogP contribution in [0.1, 0.15) is 5.56 Å². The molecule has 1 rings (SSSR count). The van der Waals surface area contributed by atoms with E-state index in [-0.39, 0.29) is 11.0 Å². The van der Waals surface area contributed by atoms with E-state index in [9.17, 15) is 0 Å². The number of rotatable bonds is 0. The molecule has 0 amide bonds. The van der Waals surface area contributed by atoms with E-state index in [1.807, 2.05) is 12.1 Å². The highest BCUT2D eigenvalue weighted by Crippen LogP contribution is 2.03. The van der Waals surface area contributed by atoms with Crippen LogP contribution in [0.3, 0.4) is 0 Å². The van der Waals surface area contributed by atoms with Gasteiger partial charge in [-0.2, -0.15) is 0 Å². The molecule has 0 aromatic heterocycles. The van der Waals surface area contributed by atoms with Crippen molar-refractivity contribution in [1.82, 2.24) is 0 Å². The zero-order valence-electron chi connectivity index (χ0n) is 4.96. The van der Waals surface area contributed by atoms with Crippen LogP contribution in [0.4, 0.5) is 5.69 Å². The van der Waals surface area contributed by atoms with E-state index in [0.717, 1.165) is 5.56 Å². The Morgan fingerprint density at radius 1 is 1.40 bits per heavy atom. The van der Waals surface area contributed by atoms with Crippen LogP contribution in [0.25, 0.3) is 0 Å². The van der Waals surface area contributed by atoms with Gasteiger partial charge >= 0.3 is 0 Å². The molecule has 10 heavy (non-hydrogen) atoms. The molecule has 0 heterocycles. The maximum absolute atomic E-state index is 5.44. The SMILES string of the molecule is C#Cc1cccc(N)c1.[SiH4]. The molecule has 2 heteroatoms. The van der Waals surface area contributed by atoms with Crippen molar-refractivity contribution in [1.29, 1.82) is 0 Å². The van der Waals surface area contributed by atoms with E-state index in [1.165, 1.54) is 0 Å². The average Bonchev–Trinajstić information content (AvgIpc) is 1.88. The zero-order valence-corrected chi connectivity index (χ0v) is 4.96. The van der Waals surface area contributed by atoms with Crippen LogP contribution in [-0.4, -0.2) is 11.0 Å². The average molecular weight is 149 g/mol. The van der Waals surface area contributed by atoms with Gasteiger partial charge in [0.2, 0.25) is 0 Å². The highest BCUT2D eigenvalue weighted by atomic mass is 28.1. The third-order valence-corrected chi connectivity index (χ3v) is 1.05. The molecule has 0 unspecified atom stereocenters. The van der Waals surface area contributed by atoms with E-state index < -0.39 is 0 Å². The van der Waals surface area contributed by atoms with Crippen LogP contribution in [0.5, 0.6) is 0 Å². The molecule has 0 saturated carbocycles. The Labute approximate surface area is 65.3 Å². The van der Waals surface area contributed by atoms with E-state index in [2.05, 4.69) is 5.92 Å². The number of hydrogen-bond donors (Lipinski definition) is 1. The van der Waals surface area contributed by atoms with Crippen molar-refractivity contribution in [3.8, 4) is 12.3 Å². The van der Waals surface area contributed by atoms with Gasteiger partial charge in [0.15, 0.2) is 0 Å². The zero-order chi connectivity index (χ0) is 6.69. The van der Waals surface area contributed by atoms with Gasteiger partial charge in [0, 0.05) is 11.3 Å². The Hall–Kier alpha value is -1.20. The molecule has 0 bridgehead atoms. The third-order valence-electron chi connectivity index (χ3n) is 1.05. The number of terminal acetylenes is 1. The summed E-state index contributed by atoms with van der Waals surface area (Å²) in [4.78, 5) is 0. The summed E-state index contributed by atoms with van der Waals surface area (Å²) in [5, 5.41) is 0. The summed E-state index contributed by atoms with van der Waals surface area (Å²) in [5.74, 6) is 2.49. The minimum Gasteiger partial charge on any atom is -0.399 e. The molecule has 1 aromatic rings. The van der Waals surface area contributed by atoms with Gasteiger partial charge in [-0.25, -0.2) is 0 Å². The third kappa shape index (κ3) is 1.96. The van der Waals surface area contributed by atoms with Crippen molar-refractivity contribution >= 4 is 16.7 Å². The van der Waals surface area contributed by atoms with Crippen molar-refractivity contribution in [2.75, 3.05) is 5.73 Å². The first kappa shape index (κ1) is 8.80. The molecular formula is C8H11NSi. The number of nitrogen functional groups attached to an aromatic ring is 1. The molecule has 0 aliphatic heterocycles. The smallest absolute Gasteiger partial charge is 0.0326 e. The van der Waals surface area contributed by atoms with Gasteiger partial charge in [0.05, 0.1) is 0 Å². The summed E-state index contributed by atoms with van der Waals surface area (Å²) in [5.41, 5.74) is 6.98. The highest BCUT2D eigenvalue weighted by molar-refractivity contribution is 5.75. The molecule has 0 spiro atoms. The summed E-state index contributed by atoms with van der Waals surface area (Å²) in [6, 6.07) is 7.25. The normalized spacial score (nSPS) is 7.50. The summed E-state index contributed by atoms with van der Waals surface area (Å²) in [6.07, 6.45) is 5.11. The van der Waals surface area contributed by atoms with Gasteiger partial charge in [0.1, 0.15) is 0 Å². The summed E-state index contributed by atoms with van der Waals surface area (Å²) >= 11 is 0. The largest absolute Gasteiger partial charge is 0.399 e. The molecule has 0 saturated heterocycles. The molecule has 52 valence electrons. The molecule has 0 aliphatic carbocycles. The standard InChI is InChI=1S/C8H7N.H4Si/c1-2-7-4-3-5-8(9)6-7;/h1,3-6H,9H2;1H4. The van der Waals surface area contributed by atoms with E-state index >= 15 is 0 Å². The second-order valence-corrected chi connectivity index (χ2v) is 1.77. The van der Waals surface area contributed by atoms with Gasteiger partial charge in [-0.05, 0) is 29.2 Å². The summed E-state index contributed by atoms with van der Waals surface area (Å²) in [6.45, 7) is 0. The number of anilines is 1. The molecule has 0 radical (unpaired) electrons. The molecule has 1 aromatic carbocycles. The lowest BCUT2D eigenvalue weighted by Crippen LogP contribution is -1.83. The Morgan fingerprint density at radius 3 is 2.50 bits per heavy atom. The van der Waals surface area contributed by atoms with Crippen molar-refractivity contribution in [2.45, 2.75) is 0 Å². The van der Waals surface area contributed by atoms with Crippen LogP contribution in [0.2, 0.25) is 0 Å². The predicted molar refractivity (Wildman–Crippen MR) is 50.1 cm³/mol. The summed E-state index contributed by atoms with van der Waals surface area (Å²) < 4.78 is 0. The van der Waals surface area contributed by atoms with Gasteiger partial charge in [-0.3, -0.25) is 0 Å². The minimum atomic E-state index is 0. The van der Waals surface area contributed by atoms with E-state index in [4.69, 9.17) is 12.2 Å². The fraction of sp³-hybridized carbons (Fsp3) is 0.